The van der Waals surface area contributed by atoms with Crippen molar-refractivity contribution in [1.29, 1.82) is 0 Å². The summed E-state index contributed by atoms with van der Waals surface area (Å²) in [6, 6.07) is 7.97. The van der Waals surface area contributed by atoms with Gasteiger partial charge in [-0.25, -0.2) is 0 Å². The highest BCUT2D eigenvalue weighted by Gasteiger charge is 2.22. The number of hydrogen-bond acceptors (Lipinski definition) is 3. The highest BCUT2D eigenvalue weighted by molar-refractivity contribution is 5.81. The van der Waals surface area contributed by atoms with Crippen LogP contribution in [0.25, 0.3) is 22.5 Å². The van der Waals surface area contributed by atoms with Crippen LogP contribution in [0.1, 0.15) is 25.0 Å². The molecule has 0 saturated heterocycles. The van der Waals surface area contributed by atoms with Gasteiger partial charge in [-0.2, -0.15) is 5.10 Å². The summed E-state index contributed by atoms with van der Waals surface area (Å²) in [6.45, 7) is 0.993. The number of nitrogens with zero attached hydrogens (tertiary/aromatic N) is 3. The maximum Gasteiger partial charge on any atom is 0.119 e. The molecule has 4 nitrogen and oxygen atoms in total. The average Bonchev–Trinajstić information content (AvgIpc) is 3.11. The first-order chi connectivity index (χ1) is 10.4. The highest BCUT2D eigenvalue weighted by atomic mass is 16.3. The molecule has 3 aromatic heterocycles. The molecule has 0 N–H and O–H groups in total. The maximum absolute atomic E-state index is 5.29. The van der Waals surface area contributed by atoms with E-state index in [0.29, 0.717) is 0 Å². The van der Waals surface area contributed by atoms with Crippen molar-refractivity contribution in [2.75, 3.05) is 0 Å². The molecule has 1 aliphatic rings. The minimum Gasteiger partial charge on any atom is -0.472 e. The van der Waals surface area contributed by atoms with Crippen LogP contribution >= 0.6 is 0 Å². The number of pyridine rings is 1. The summed E-state index contributed by atoms with van der Waals surface area (Å²) in [6.07, 6.45) is 10.1. The Balaban J connectivity index is 1.94. The van der Waals surface area contributed by atoms with E-state index in [-0.39, 0.29) is 0 Å². The molecule has 4 heteroatoms. The molecule has 4 heterocycles. The van der Waals surface area contributed by atoms with Crippen molar-refractivity contribution in [2.24, 2.45) is 0 Å². The number of fused-ring (bicyclic) bond motifs is 1. The van der Waals surface area contributed by atoms with Crippen LogP contribution in [0.5, 0.6) is 0 Å². The predicted molar refractivity (Wildman–Crippen MR) is 80.7 cm³/mol. The van der Waals surface area contributed by atoms with E-state index < -0.39 is 0 Å². The van der Waals surface area contributed by atoms with E-state index in [9.17, 15) is 0 Å². The third kappa shape index (κ3) is 2.17. The van der Waals surface area contributed by atoms with Gasteiger partial charge < -0.3 is 4.42 Å². The molecule has 3 aromatic rings. The zero-order valence-corrected chi connectivity index (χ0v) is 11.8. The Morgan fingerprint density at radius 1 is 1.10 bits per heavy atom. The summed E-state index contributed by atoms with van der Waals surface area (Å²) in [7, 11) is 0. The fourth-order valence-corrected chi connectivity index (χ4v) is 3.06. The van der Waals surface area contributed by atoms with E-state index in [2.05, 4.69) is 9.67 Å². The molecule has 21 heavy (non-hydrogen) atoms. The van der Waals surface area contributed by atoms with Crippen LogP contribution in [0.3, 0.4) is 0 Å². The molecule has 0 atom stereocenters. The Morgan fingerprint density at radius 2 is 2.10 bits per heavy atom. The first-order valence-corrected chi connectivity index (χ1v) is 7.47. The van der Waals surface area contributed by atoms with Gasteiger partial charge in [-0.05, 0) is 37.5 Å². The third-order valence-electron chi connectivity index (χ3n) is 4.06. The molecule has 0 bridgehead atoms. The average molecular weight is 279 g/mol. The van der Waals surface area contributed by atoms with Gasteiger partial charge in [-0.3, -0.25) is 9.67 Å². The molecular weight excluding hydrogens is 262 g/mol. The van der Waals surface area contributed by atoms with E-state index >= 15 is 0 Å². The number of hydrogen-bond donors (Lipinski definition) is 0. The Hall–Kier alpha value is -2.36. The van der Waals surface area contributed by atoms with Crippen LogP contribution in [0.15, 0.2) is 47.4 Å². The Labute approximate surface area is 123 Å². The van der Waals surface area contributed by atoms with Crippen LogP contribution in [-0.4, -0.2) is 14.8 Å². The molecule has 0 aromatic carbocycles. The maximum atomic E-state index is 5.29. The normalized spacial score (nSPS) is 14.7. The van der Waals surface area contributed by atoms with Crippen molar-refractivity contribution in [2.45, 2.75) is 32.2 Å². The topological polar surface area (TPSA) is 43.9 Å². The fraction of sp³-hybridized carbons (Fsp3) is 0.294. The minimum absolute atomic E-state index is 0.925. The van der Waals surface area contributed by atoms with Crippen LogP contribution < -0.4 is 0 Å². The lowest BCUT2D eigenvalue weighted by molar-refractivity contribution is 0.568. The van der Waals surface area contributed by atoms with Crippen LogP contribution in [0.2, 0.25) is 0 Å². The number of furan rings is 1. The molecule has 0 amide bonds. The number of aromatic nitrogens is 3. The van der Waals surface area contributed by atoms with Gasteiger partial charge in [0.1, 0.15) is 5.69 Å². The van der Waals surface area contributed by atoms with Gasteiger partial charge in [-0.15, -0.1) is 0 Å². The van der Waals surface area contributed by atoms with E-state index in [1.807, 2.05) is 30.5 Å². The largest absolute Gasteiger partial charge is 0.472 e. The highest BCUT2D eigenvalue weighted by Crippen LogP contribution is 2.35. The lowest BCUT2D eigenvalue weighted by Crippen LogP contribution is -2.02. The molecule has 0 saturated carbocycles. The molecule has 0 radical (unpaired) electrons. The SMILES string of the molecule is c1ccc(-c2nn3c(c2-c2ccoc2)CCCCC3)nc1. The second kappa shape index (κ2) is 5.20. The van der Waals surface area contributed by atoms with Gasteiger partial charge in [0.15, 0.2) is 0 Å². The smallest absolute Gasteiger partial charge is 0.119 e. The van der Waals surface area contributed by atoms with E-state index in [0.717, 1.165) is 29.9 Å². The monoisotopic (exact) mass is 279 g/mol. The summed E-state index contributed by atoms with van der Waals surface area (Å²) in [5, 5.41) is 4.85. The minimum atomic E-state index is 0.925. The molecule has 4 rings (SSSR count). The lowest BCUT2D eigenvalue weighted by Gasteiger charge is -2.04. The van der Waals surface area contributed by atoms with Crippen LogP contribution in [0.4, 0.5) is 0 Å². The van der Waals surface area contributed by atoms with E-state index in [1.54, 1.807) is 12.5 Å². The van der Waals surface area contributed by atoms with Crippen molar-refractivity contribution in [1.82, 2.24) is 14.8 Å². The molecule has 0 aliphatic carbocycles. The van der Waals surface area contributed by atoms with E-state index in [4.69, 9.17) is 9.52 Å². The van der Waals surface area contributed by atoms with Crippen LogP contribution in [-0.2, 0) is 13.0 Å². The van der Waals surface area contributed by atoms with Crippen molar-refractivity contribution >= 4 is 0 Å². The zero-order chi connectivity index (χ0) is 14.1. The molecule has 0 fully saturated rings. The quantitative estimate of drug-likeness (QED) is 0.714. The first-order valence-electron chi connectivity index (χ1n) is 7.47. The molecular formula is C17H17N3O. The number of rotatable bonds is 2. The van der Waals surface area contributed by atoms with Gasteiger partial charge in [0.2, 0.25) is 0 Å². The summed E-state index contributed by atoms with van der Waals surface area (Å²) in [5.41, 5.74) is 5.49. The van der Waals surface area contributed by atoms with E-state index in [1.165, 1.54) is 30.5 Å². The third-order valence-corrected chi connectivity index (χ3v) is 4.06. The van der Waals surface area contributed by atoms with Gasteiger partial charge in [0.05, 0.1) is 18.2 Å². The summed E-state index contributed by atoms with van der Waals surface area (Å²) in [5.74, 6) is 0. The standard InChI is InChI=1S/C17H17N3O/c1-2-7-15-16(13-8-11-21-12-13)17(19-20(15)10-5-1)14-6-3-4-9-18-14/h3-4,6,8-9,11-12H,1-2,5,7,10H2. The van der Waals surface area contributed by atoms with Gasteiger partial charge in [0.25, 0.3) is 0 Å². The molecule has 1 aliphatic heterocycles. The summed E-state index contributed by atoms with van der Waals surface area (Å²) < 4.78 is 7.46. The summed E-state index contributed by atoms with van der Waals surface area (Å²) in [4.78, 5) is 4.48. The summed E-state index contributed by atoms with van der Waals surface area (Å²) >= 11 is 0. The molecule has 0 unspecified atom stereocenters. The molecule has 0 spiro atoms. The number of aryl methyl sites for hydroxylation is 1. The second-order valence-electron chi connectivity index (χ2n) is 5.43. The predicted octanol–water partition coefficient (Wildman–Crippen LogP) is 3.93. The van der Waals surface area contributed by atoms with Crippen molar-refractivity contribution in [3.05, 3.63) is 48.7 Å². The fourth-order valence-electron chi connectivity index (χ4n) is 3.06. The van der Waals surface area contributed by atoms with Crippen molar-refractivity contribution in [3.8, 4) is 22.5 Å². The van der Waals surface area contributed by atoms with Gasteiger partial charge in [-0.1, -0.05) is 12.5 Å². The lowest BCUT2D eigenvalue weighted by atomic mass is 10.0. The van der Waals surface area contributed by atoms with Gasteiger partial charge >= 0.3 is 0 Å². The van der Waals surface area contributed by atoms with Crippen LogP contribution in [0, 0.1) is 0 Å². The van der Waals surface area contributed by atoms with Crippen molar-refractivity contribution in [3.63, 3.8) is 0 Å². The first kappa shape index (κ1) is 12.4. The Bertz CT molecular complexity index is 729. The second-order valence-corrected chi connectivity index (χ2v) is 5.43. The van der Waals surface area contributed by atoms with Crippen molar-refractivity contribution < 1.29 is 4.42 Å². The van der Waals surface area contributed by atoms with Gasteiger partial charge in [0, 0.05) is 29.6 Å². The molecule has 106 valence electrons. The Morgan fingerprint density at radius 3 is 2.90 bits per heavy atom. The Kier molecular flexibility index (Phi) is 3.07. The zero-order valence-electron chi connectivity index (χ0n) is 11.8.